The molecule has 1 aromatic carbocycles. The summed E-state index contributed by atoms with van der Waals surface area (Å²) in [5.41, 5.74) is 3.32. The van der Waals surface area contributed by atoms with Gasteiger partial charge in [0.25, 0.3) is 5.91 Å². The molecule has 2 saturated heterocycles. The number of hydrogen-bond acceptors (Lipinski definition) is 3. The highest BCUT2D eigenvalue weighted by atomic mass is 32.1. The van der Waals surface area contributed by atoms with Gasteiger partial charge in [0.05, 0.1) is 0 Å². The average molecular weight is 355 g/mol. The fraction of sp³-hybridized carbons (Fsp3) is 0.476. The minimum absolute atomic E-state index is 0.204. The van der Waals surface area contributed by atoms with Crippen molar-refractivity contribution in [3.63, 3.8) is 0 Å². The van der Waals surface area contributed by atoms with E-state index in [-0.39, 0.29) is 5.91 Å². The monoisotopic (exact) mass is 354 g/mol. The number of amides is 1. The SMILES string of the molecule is Cc1csc(-c2ccc(C(=O)N3CCCC3CN3CCCC3)cc2)c1. The molecule has 2 aromatic rings. The van der Waals surface area contributed by atoms with Crippen molar-refractivity contribution in [2.45, 2.75) is 38.6 Å². The zero-order valence-corrected chi connectivity index (χ0v) is 15.7. The molecule has 0 bridgehead atoms. The van der Waals surface area contributed by atoms with Gasteiger partial charge in [0.1, 0.15) is 0 Å². The number of carbonyl (C=O) groups is 1. The second kappa shape index (κ2) is 7.30. The summed E-state index contributed by atoms with van der Waals surface area (Å²) in [5, 5.41) is 2.17. The van der Waals surface area contributed by atoms with Crippen LogP contribution in [0.3, 0.4) is 0 Å². The van der Waals surface area contributed by atoms with Crippen molar-refractivity contribution in [2.24, 2.45) is 0 Å². The molecule has 2 aliphatic rings. The lowest BCUT2D eigenvalue weighted by molar-refractivity contribution is 0.0709. The molecule has 1 amide bonds. The van der Waals surface area contributed by atoms with E-state index in [4.69, 9.17) is 0 Å². The van der Waals surface area contributed by atoms with E-state index >= 15 is 0 Å². The van der Waals surface area contributed by atoms with Gasteiger partial charge in [0.2, 0.25) is 0 Å². The highest BCUT2D eigenvalue weighted by molar-refractivity contribution is 7.13. The summed E-state index contributed by atoms with van der Waals surface area (Å²) in [6.07, 6.45) is 4.90. The molecule has 25 heavy (non-hydrogen) atoms. The maximum Gasteiger partial charge on any atom is 0.254 e. The summed E-state index contributed by atoms with van der Waals surface area (Å²) in [5.74, 6) is 0.204. The third-order valence-electron chi connectivity index (χ3n) is 5.45. The summed E-state index contributed by atoms with van der Waals surface area (Å²) >= 11 is 1.76. The standard InChI is InChI=1S/C21H26N2OS/c1-16-13-20(25-15-16)17-6-8-18(9-7-17)21(24)23-12-4-5-19(23)14-22-10-2-3-11-22/h6-9,13,15,19H,2-5,10-12,14H2,1H3. The molecule has 4 heteroatoms. The minimum atomic E-state index is 0.204. The molecule has 3 nitrogen and oxygen atoms in total. The molecule has 3 heterocycles. The van der Waals surface area contributed by atoms with Crippen LogP contribution in [0.25, 0.3) is 10.4 Å². The lowest BCUT2D eigenvalue weighted by atomic mass is 10.1. The van der Waals surface area contributed by atoms with E-state index in [1.165, 1.54) is 41.9 Å². The first-order valence-corrected chi connectivity index (χ1v) is 10.3. The Balaban J connectivity index is 1.46. The Kier molecular flexibility index (Phi) is 4.91. The predicted octanol–water partition coefficient (Wildman–Crippen LogP) is 4.42. The van der Waals surface area contributed by atoms with Gasteiger partial charge < -0.3 is 9.80 Å². The first kappa shape index (κ1) is 16.8. The molecule has 0 saturated carbocycles. The third kappa shape index (κ3) is 3.65. The Morgan fingerprint density at radius 1 is 1.12 bits per heavy atom. The van der Waals surface area contributed by atoms with Crippen molar-refractivity contribution in [2.75, 3.05) is 26.2 Å². The van der Waals surface area contributed by atoms with Crippen LogP contribution in [0.5, 0.6) is 0 Å². The highest BCUT2D eigenvalue weighted by Crippen LogP contribution is 2.28. The van der Waals surface area contributed by atoms with Gasteiger partial charge in [0.15, 0.2) is 0 Å². The van der Waals surface area contributed by atoms with E-state index in [0.717, 1.165) is 31.5 Å². The van der Waals surface area contributed by atoms with Crippen LogP contribution in [0.15, 0.2) is 35.7 Å². The summed E-state index contributed by atoms with van der Waals surface area (Å²) in [6, 6.07) is 10.8. The molecule has 2 fully saturated rings. The molecule has 132 valence electrons. The van der Waals surface area contributed by atoms with E-state index in [0.29, 0.717) is 6.04 Å². The number of benzene rings is 1. The average Bonchev–Trinajstić information content (AvgIpc) is 3.37. The first-order valence-electron chi connectivity index (χ1n) is 9.39. The summed E-state index contributed by atoms with van der Waals surface area (Å²) in [4.78, 5) is 18.9. The van der Waals surface area contributed by atoms with Crippen LogP contribution in [-0.4, -0.2) is 47.9 Å². The quantitative estimate of drug-likeness (QED) is 0.811. The van der Waals surface area contributed by atoms with Gasteiger partial charge in [-0.25, -0.2) is 0 Å². The lowest BCUT2D eigenvalue weighted by Gasteiger charge is -2.28. The van der Waals surface area contributed by atoms with Crippen LogP contribution in [0.2, 0.25) is 0 Å². The van der Waals surface area contributed by atoms with Crippen molar-refractivity contribution < 1.29 is 4.79 Å². The normalized spacial score (nSPS) is 21.2. The van der Waals surface area contributed by atoms with Gasteiger partial charge in [-0.15, -0.1) is 11.3 Å². The van der Waals surface area contributed by atoms with Crippen LogP contribution in [0.4, 0.5) is 0 Å². The van der Waals surface area contributed by atoms with Crippen LogP contribution in [0.1, 0.15) is 41.6 Å². The second-order valence-electron chi connectivity index (χ2n) is 7.37. The second-order valence-corrected chi connectivity index (χ2v) is 8.28. The Morgan fingerprint density at radius 3 is 2.56 bits per heavy atom. The molecule has 1 atom stereocenters. The smallest absolute Gasteiger partial charge is 0.254 e. The Bertz CT molecular complexity index is 731. The number of rotatable bonds is 4. The van der Waals surface area contributed by atoms with Gasteiger partial charge in [-0.1, -0.05) is 12.1 Å². The van der Waals surface area contributed by atoms with Crippen molar-refractivity contribution >= 4 is 17.2 Å². The van der Waals surface area contributed by atoms with Crippen molar-refractivity contribution in [3.05, 3.63) is 46.8 Å². The van der Waals surface area contributed by atoms with E-state index in [2.05, 4.69) is 40.3 Å². The number of likely N-dealkylation sites (tertiary alicyclic amines) is 2. The third-order valence-corrected chi connectivity index (χ3v) is 6.55. The summed E-state index contributed by atoms with van der Waals surface area (Å²) < 4.78 is 0. The number of hydrogen-bond donors (Lipinski definition) is 0. The lowest BCUT2D eigenvalue weighted by Crippen LogP contribution is -2.42. The van der Waals surface area contributed by atoms with Crippen LogP contribution in [-0.2, 0) is 0 Å². The number of carbonyl (C=O) groups excluding carboxylic acids is 1. The van der Waals surface area contributed by atoms with Gasteiger partial charge in [-0.05, 0) is 80.4 Å². The van der Waals surface area contributed by atoms with Crippen LogP contribution >= 0.6 is 11.3 Å². The number of nitrogens with zero attached hydrogens (tertiary/aromatic N) is 2. The largest absolute Gasteiger partial charge is 0.334 e. The van der Waals surface area contributed by atoms with Crippen molar-refractivity contribution in [1.82, 2.24) is 9.80 Å². The van der Waals surface area contributed by atoms with Crippen molar-refractivity contribution in [1.29, 1.82) is 0 Å². The molecule has 2 aliphatic heterocycles. The molecular formula is C21H26N2OS. The van der Waals surface area contributed by atoms with E-state index in [1.54, 1.807) is 11.3 Å². The first-order chi connectivity index (χ1) is 12.2. The van der Waals surface area contributed by atoms with Gasteiger partial charge >= 0.3 is 0 Å². The topological polar surface area (TPSA) is 23.6 Å². The molecule has 1 unspecified atom stereocenters. The van der Waals surface area contributed by atoms with Crippen molar-refractivity contribution in [3.8, 4) is 10.4 Å². The van der Waals surface area contributed by atoms with E-state index in [9.17, 15) is 4.79 Å². The molecule has 1 aromatic heterocycles. The number of aryl methyl sites for hydroxylation is 1. The van der Waals surface area contributed by atoms with Gasteiger partial charge in [-0.2, -0.15) is 0 Å². The zero-order valence-electron chi connectivity index (χ0n) is 14.9. The maximum absolute atomic E-state index is 13.0. The maximum atomic E-state index is 13.0. The molecule has 4 rings (SSSR count). The minimum Gasteiger partial charge on any atom is -0.334 e. The molecule has 0 radical (unpaired) electrons. The Labute approximate surface area is 154 Å². The summed E-state index contributed by atoms with van der Waals surface area (Å²) in [7, 11) is 0. The van der Waals surface area contributed by atoms with Gasteiger partial charge in [-0.3, -0.25) is 4.79 Å². The Hall–Kier alpha value is -1.65. The fourth-order valence-corrected chi connectivity index (χ4v) is 4.99. The molecule has 0 spiro atoms. The Morgan fingerprint density at radius 2 is 1.88 bits per heavy atom. The van der Waals surface area contributed by atoms with Crippen LogP contribution < -0.4 is 0 Å². The predicted molar refractivity (Wildman–Crippen MR) is 104 cm³/mol. The molecule has 0 aliphatic carbocycles. The molecule has 0 N–H and O–H groups in total. The zero-order chi connectivity index (χ0) is 17.2. The van der Waals surface area contributed by atoms with E-state index in [1.807, 2.05) is 12.1 Å². The van der Waals surface area contributed by atoms with E-state index < -0.39 is 0 Å². The summed E-state index contributed by atoms with van der Waals surface area (Å²) in [6.45, 7) is 6.48. The number of thiophene rings is 1. The molecular weight excluding hydrogens is 328 g/mol. The van der Waals surface area contributed by atoms with Crippen LogP contribution in [0, 0.1) is 6.92 Å². The van der Waals surface area contributed by atoms with Gasteiger partial charge in [0, 0.05) is 29.6 Å². The fourth-order valence-electron chi connectivity index (χ4n) is 4.08. The highest BCUT2D eigenvalue weighted by Gasteiger charge is 2.31.